The fraction of sp³-hybridized carbons (Fsp3) is 0.444. The van der Waals surface area contributed by atoms with Gasteiger partial charge in [0.25, 0.3) is 0 Å². The summed E-state index contributed by atoms with van der Waals surface area (Å²) in [4.78, 5) is 35.0. The molecule has 1 aliphatic heterocycles. The van der Waals surface area contributed by atoms with Crippen molar-refractivity contribution in [3.63, 3.8) is 0 Å². The zero-order chi connectivity index (χ0) is 10.7. The fourth-order valence-corrected chi connectivity index (χ4v) is 1.90. The second-order valence-electron chi connectivity index (χ2n) is 3.02. The summed E-state index contributed by atoms with van der Waals surface area (Å²) < 4.78 is 0. The zero-order valence-electron chi connectivity index (χ0n) is 8.02. The van der Waals surface area contributed by atoms with Gasteiger partial charge in [-0.1, -0.05) is 0 Å². The van der Waals surface area contributed by atoms with Crippen LogP contribution in [0.1, 0.15) is 13.8 Å². The lowest BCUT2D eigenvalue weighted by atomic mass is 10.1. The van der Waals surface area contributed by atoms with E-state index in [0.29, 0.717) is 0 Å². The molecule has 0 fully saturated rings. The number of amides is 1. The number of carbonyl (C=O) groups is 3. The van der Waals surface area contributed by atoms with Gasteiger partial charge in [-0.15, -0.1) is 11.8 Å². The lowest BCUT2D eigenvalue weighted by molar-refractivity contribution is -0.140. The maximum Gasteiger partial charge on any atom is 0.237 e. The number of hydrogen-bond acceptors (Lipinski definition) is 4. The molecule has 0 bridgehead atoms. The molecule has 5 heteroatoms. The van der Waals surface area contributed by atoms with Crippen LogP contribution in [0.5, 0.6) is 0 Å². The minimum Gasteiger partial charge on any atom is -0.300 e. The van der Waals surface area contributed by atoms with Crippen LogP contribution in [0.25, 0.3) is 0 Å². The summed E-state index contributed by atoms with van der Waals surface area (Å²) in [5.41, 5.74) is 0. The van der Waals surface area contributed by atoms with Gasteiger partial charge in [0.15, 0.2) is 17.6 Å². The molecular formula is C9H11NO3S. The molecule has 1 heterocycles. The van der Waals surface area contributed by atoms with Crippen LogP contribution in [0.4, 0.5) is 0 Å². The second-order valence-corrected chi connectivity index (χ2v) is 3.92. The Labute approximate surface area is 86.3 Å². The number of thioether (sulfide) groups is 1. The zero-order valence-corrected chi connectivity index (χ0v) is 8.84. The third-order valence-corrected chi connectivity index (χ3v) is 2.59. The summed E-state index contributed by atoms with van der Waals surface area (Å²) in [5, 5.41) is 1.71. The first-order valence-electron chi connectivity index (χ1n) is 4.14. The van der Waals surface area contributed by atoms with Crippen LogP contribution in [0.3, 0.4) is 0 Å². The van der Waals surface area contributed by atoms with Crippen molar-refractivity contribution in [3.8, 4) is 0 Å². The Morgan fingerprint density at radius 1 is 1.43 bits per heavy atom. The van der Waals surface area contributed by atoms with Gasteiger partial charge < -0.3 is 4.90 Å². The van der Waals surface area contributed by atoms with Gasteiger partial charge in [-0.3, -0.25) is 14.4 Å². The number of nitrogens with zero attached hydrogens (tertiary/aromatic N) is 1. The van der Waals surface area contributed by atoms with E-state index in [2.05, 4.69) is 0 Å². The van der Waals surface area contributed by atoms with Crippen LogP contribution in [-0.4, -0.2) is 34.2 Å². The van der Waals surface area contributed by atoms with Crippen molar-refractivity contribution in [1.82, 2.24) is 4.90 Å². The Morgan fingerprint density at radius 3 is 2.43 bits per heavy atom. The van der Waals surface area contributed by atoms with E-state index in [1.807, 2.05) is 0 Å². The first-order chi connectivity index (χ1) is 6.54. The molecule has 1 amide bonds. The molecule has 14 heavy (non-hydrogen) atoms. The monoisotopic (exact) mass is 213 g/mol. The molecule has 0 atom stereocenters. The average Bonchev–Trinajstić information content (AvgIpc) is 2.07. The van der Waals surface area contributed by atoms with Crippen molar-refractivity contribution >= 4 is 29.2 Å². The highest BCUT2D eigenvalue weighted by molar-refractivity contribution is 8.02. The number of ketones is 2. The third-order valence-electron chi connectivity index (χ3n) is 1.86. The Hall–Kier alpha value is -1.10. The van der Waals surface area contributed by atoms with E-state index >= 15 is 0 Å². The van der Waals surface area contributed by atoms with Crippen LogP contribution in [0, 0.1) is 0 Å². The van der Waals surface area contributed by atoms with Crippen LogP contribution in [0.15, 0.2) is 11.6 Å². The summed E-state index contributed by atoms with van der Waals surface area (Å²) in [6.45, 7) is 2.63. The first kappa shape index (κ1) is 11.0. The lowest BCUT2D eigenvalue weighted by Gasteiger charge is -2.26. The van der Waals surface area contributed by atoms with Crippen LogP contribution < -0.4 is 0 Å². The molecule has 0 aromatic rings. The number of hydrogen-bond donors (Lipinski definition) is 0. The van der Waals surface area contributed by atoms with Crippen molar-refractivity contribution < 1.29 is 14.4 Å². The predicted molar refractivity (Wildman–Crippen MR) is 53.6 cm³/mol. The Kier molecular flexibility index (Phi) is 3.46. The Morgan fingerprint density at radius 2 is 2.00 bits per heavy atom. The smallest absolute Gasteiger partial charge is 0.237 e. The lowest BCUT2D eigenvalue weighted by Crippen LogP contribution is -2.46. The van der Waals surface area contributed by atoms with Gasteiger partial charge in [0, 0.05) is 6.20 Å². The van der Waals surface area contributed by atoms with Crippen molar-refractivity contribution in [2.45, 2.75) is 19.9 Å². The summed E-state index contributed by atoms with van der Waals surface area (Å²) in [6.07, 6.45) is 1.49. The molecule has 0 aromatic carbocycles. The van der Waals surface area contributed by atoms with Gasteiger partial charge in [-0.25, -0.2) is 0 Å². The first-order valence-corrected chi connectivity index (χ1v) is 5.19. The molecule has 0 aromatic heterocycles. The van der Waals surface area contributed by atoms with Gasteiger partial charge in [0.2, 0.25) is 5.91 Å². The standard InChI is InChI=1S/C9H11NO3S/c1-6(11)9(7(2)12)10-3-4-14-5-8(10)13/h3-4,9H,5H2,1-2H3. The molecule has 0 spiro atoms. The van der Waals surface area contributed by atoms with Gasteiger partial charge >= 0.3 is 0 Å². The highest BCUT2D eigenvalue weighted by atomic mass is 32.2. The van der Waals surface area contributed by atoms with Gasteiger partial charge in [-0.05, 0) is 19.3 Å². The number of rotatable bonds is 3. The summed E-state index contributed by atoms with van der Waals surface area (Å²) in [7, 11) is 0. The Balaban J connectivity index is 2.92. The van der Waals surface area contributed by atoms with E-state index in [9.17, 15) is 14.4 Å². The normalized spacial score (nSPS) is 16.2. The van der Waals surface area contributed by atoms with E-state index in [-0.39, 0.29) is 23.2 Å². The SMILES string of the molecule is CC(=O)C(C(C)=O)N1C=CSCC1=O. The summed E-state index contributed by atoms with van der Waals surface area (Å²) >= 11 is 1.35. The van der Waals surface area contributed by atoms with Crippen LogP contribution >= 0.6 is 11.8 Å². The summed E-state index contributed by atoms with van der Waals surface area (Å²) in [5.74, 6) is -0.522. The highest BCUT2D eigenvalue weighted by Crippen LogP contribution is 2.16. The number of carbonyl (C=O) groups excluding carboxylic acids is 3. The predicted octanol–water partition coefficient (Wildman–Crippen LogP) is 0.580. The largest absolute Gasteiger partial charge is 0.300 e. The van der Waals surface area contributed by atoms with E-state index in [0.717, 1.165) is 0 Å². The van der Waals surface area contributed by atoms with Crippen molar-refractivity contribution in [2.24, 2.45) is 0 Å². The van der Waals surface area contributed by atoms with E-state index in [1.165, 1.54) is 36.7 Å². The Bertz CT molecular complexity index is 297. The topological polar surface area (TPSA) is 54.5 Å². The highest BCUT2D eigenvalue weighted by Gasteiger charge is 2.30. The van der Waals surface area contributed by atoms with Crippen molar-refractivity contribution in [3.05, 3.63) is 11.6 Å². The molecule has 1 rings (SSSR count). The third kappa shape index (κ3) is 2.23. The van der Waals surface area contributed by atoms with Gasteiger partial charge in [0.1, 0.15) is 0 Å². The van der Waals surface area contributed by atoms with Crippen LogP contribution in [0.2, 0.25) is 0 Å². The van der Waals surface area contributed by atoms with Gasteiger partial charge in [-0.2, -0.15) is 0 Å². The quantitative estimate of drug-likeness (QED) is 0.643. The van der Waals surface area contributed by atoms with E-state index in [1.54, 1.807) is 5.41 Å². The van der Waals surface area contributed by atoms with E-state index < -0.39 is 6.04 Å². The maximum atomic E-state index is 11.4. The molecule has 0 saturated heterocycles. The van der Waals surface area contributed by atoms with Crippen molar-refractivity contribution in [1.29, 1.82) is 0 Å². The second kappa shape index (κ2) is 4.41. The average molecular weight is 213 g/mol. The summed E-state index contributed by atoms with van der Waals surface area (Å²) in [6, 6.07) is -0.945. The van der Waals surface area contributed by atoms with E-state index in [4.69, 9.17) is 0 Å². The van der Waals surface area contributed by atoms with Crippen molar-refractivity contribution in [2.75, 3.05) is 5.75 Å². The molecule has 0 aliphatic carbocycles. The maximum absolute atomic E-state index is 11.4. The molecule has 0 radical (unpaired) electrons. The molecule has 1 aliphatic rings. The molecule has 76 valence electrons. The number of Topliss-reactive ketones (excluding diaryl/α,β-unsaturated/α-hetero) is 2. The molecule has 0 saturated carbocycles. The molecule has 0 unspecified atom stereocenters. The molecular weight excluding hydrogens is 202 g/mol. The minimum absolute atomic E-state index is 0.201. The minimum atomic E-state index is -0.945. The van der Waals surface area contributed by atoms with Gasteiger partial charge in [0.05, 0.1) is 5.75 Å². The molecule has 4 nitrogen and oxygen atoms in total. The molecule has 0 N–H and O–H groups in total. The van der Waals surface area contributed by atoms with Crippen LogP contribution in [-0.2, 0) is 14.4 Å². The fourth-order valence-electron chi connectivity index (χ4n) is 1.29.